The quantitative estimate of drug-likeness (QED) is 0.676. The number of carboxylic acids is 1. The summed E-state index contributed by atoms with van der Waals surface area (Å²) in [4.78, 5) is 22.6. The van der Waals surface area contributed by atoms with Gasteiger partial charge in [-0.15, -0.1) is 12.3 Å². The highest BCUT2D eigenvalue weighted by Crippen LogP contribution is 2.26. The predicted molar refractivity (Wildman–Crippen MR) is 67.0 cm³/mol. The van der Waals surface area contributed by atoms with Crippen LogP contribution in [0.1, 0.15) is 16.8 Å². The Balaban J connectivity index is 2.86. The fourth-order valence-electron chi connectivity index (χ4n) is 1.39. The highest BCUT2D eigenvalue weighted by Gasteiger charge is 2.20. The predicted octanol–water partition coefficient (Wildman–Crippen LogP) is 0.607. The number of rotatable bonds is 5. The second-order valence-corrected chi connectivity index (χ2v) is 3.66. The second-order valence-electron chi connectivity index (χ2n) is 3.66. The van der Waals surface area contributed by atoms with Crippen LogP contribution in [-0.4, -0.2) is 35.2 Å². The summed E-state index contributed by atoms with van der Waals surface area (Å²) in [5.74, 6) is 0.322. The molecule has 3 N–H and O–H groups in total. The number of phenolic OH excluding ortho intramolecular Hbond substituents is 1. The average Bonchev–Trinajstić information content (AvgIpc) is 2.37. The van der Waals surface area contributed by atoms with Crippen LogP contribution < -0.4 is 10.1 Å². The number of hydrogen-bond donors (Lipinski definition) is 3. The number of terminal acetylenes is 1. The number of nitrogens with one attached hydrogen (secondary N) is 1. The van der Waals surface area contributed by atoms with Gasteiger partial charge in [0.15, 0.2) is 11.5 Å². The van der Waals surface area contributed by atoms with E-state index >= 15 is 0 Å². The maximum absolute atomic E-state index is 11.8. The van der Waals surface area contributed by atoms with Crippen molar-refractivity contribution in [3.05, 3.63) is 23.8 Å². The smallest absolute Gasteiger partial charge is 0.327 e. The largest absolute Gasteiger partial charge is 0.504 e. The van der Waals surface area contributed by atoms with Crippen LogP contribution in [0.15, 0.2) is 18.2 Å². The molecule has 0 aliphatic rings. The Labute approximate surface area is 110 Å². The van der Waals surface area contributed by atoms with Gasteiger partial charge in [-0.1, -0.05) is 0 Å². The Morgan fingerprint density at radius 2 is 2.21 bits per heavy atom. The van der Waals surface area contributed by atoms with E-state index in [9.17, 15) is 14.7 Å². The molecule has 1 aromatic rings. The standard InChI is InChI=1S/C13H13NO5/c1-3-4-9(13(17)18)14-12(16)8-5-6-11(19-2)10(15)7-8/h1,5-7,9,15H,4H2,2H3,(H,14,16)(H,17,18). The van der Waals surface area contributed by atoms with E-state index in [1.54, 1.807) is 0 Å². The highest BCUT2D eigenvalue weighted by molar-refractivity contribution is 5.97. The lowest BCUT2D eigenvalue weighted by atomic mass is 10.1. The van der Waals surface area contributed by atoms with E-state index < -0.39 is 17.9 Å². The third-order valence-electron chi connectivity index (χ3n) is 2.37. The van der Waals surface area contributed by atoms with Crippen molar-refractivity contribution in [2.24, 2.45) is 0 Å². The monoisotopic (exact) mass is 263 g/mol. The molecule has 0 fully saturated rings. The Hall–Kier alpha value is -2.68. The van der Waals surface area contributed by atoms with Gasteiger partial charge in [0.1, 0.15) is 6.04 Å². The molecule has 0 spiro atoms. The average molecular weight is 263 g/mol. The number of carbonyl (C=O) groups is 2. The lowest BCUT2D eigenvalue weighted by Gasteiger charge is -2.12. The Bertz CT molecular complexity index is 532. The molecule has 1 amide bonds. The molecule has 0 aromatic heterocycles. The minimum Gasteiger partial charge on any atom is -0.504 e. The molecule has 100 valence electrons. The van der Waals surface area contributed by atoms with Gasteiger partial charge in [-0.2, -0.15) is 0 Å². The summed E-state index contributed by atoms with van der Waals surface area (Å²) in [5.41, 5.74) is 0.113. The number of ether oxygens (including phenoxy) is 1. The van der Waals surface area contributed by atoms with Crippen LogP contribution in [0, 0.1) is 12.3 Å². The summed E-state index contributed by atoms with van der Waals surface area (Å²) < 4.78 is 4.84. The molecule has 0 saturated carbocycles. The van der Waals surface area contributed by atoms with E-state index in [0.29, 0.717) is 0 Å². The molecule has 1 rings (SSSR count). The van der Waals surface area contributed by atoms with Crippen LogP contribution in [0.3, 0.4) is 0 Å². The summed E-state index contributed by atoms with van der Waals surface area (Å²) in [6, 6.07) is 2.83. The topological polar surface area (TPSA) is 95.9 Å². The minimum absolute atomic E-state index is 0.113. The van der Waals surface area contributed by atoms with E-state index in [0.717, 1.165) is 0 Å². The summed E-state index contributed by atoms with van der Waals surface area (Å²) in [5, 5.41) is 20.7. The van der Waals surface area contributed by atoms with Gasteiger partial charge in [0.2, 0.25) is 0 Å². The number of phenols is 1. The van der Waals surface area contributed by atoms with E-state index in [4.69, 9.17) is 16.3 Å². The van der Waals surface area contributed by atoms with Gasteiger partial charge in [-0.25, -0.2) is 4.79 Å². The number of amides is 1. The first kappa shape index (κ1) is 14.4. The van der Waals surface area contributed by atoms with Crippen molar-refractivity contribution in [3.8, 4) is 23.8 Å². The summed E-state index contributed by atoms with van der Waals surface area (Å²) in [6.07, 6.45) is 4.90. The molecule has 6 nitrogen and oxygen atoms in total. The molecule has 19 heavy (non-hydrogen) atoms. The van der Waals surface area contributed by atoms with Crippen molar-refractivity contribution in [2.45, 2.75) is 12.5 Å². The number of carbonyl (C=O) groups excluding carboxylic acids is 1. The van der Waals surface area contributed by atoms with Crippen LogP contribution in [0.4, 0.5) is 0 Å². The summed E-state index contributed by atoms with van der Waals surface area (Å²) in [6.45, 7) is 0. The van der Waals surface area contributed by atoms with E-state index in [2.05, 4.69) is 11.2 Å². The van der Waals surface area contributed by atoms with Crippen molar-refractivity contribution in [1.82, 2.24) is 5.32 Å². The van der Waals surface area contributed by atoms with Crippen molar-refractivity contribution in [2.75, 3.05) is 7.11 Å². The lowest BCUT2D eigenvalue weighted by Crippen LogP contribution is -2.40. The third kappa shape index (κ3) is 3.64. The fourth-order valence-corrected chi connectivity index (χ4v) is 1.39. The Morgan fingerprint density at radius 1 is 1.53 bits per heavy atom. The zero-order valence-corrected chi connectivity index (χ0v) is 10.2. The van der Waals surface area contributed by atoms with Gasteiger partial charge in [0.05, 0.1) is 7.11 Å². The van der Waals surface area contributed by atoms with Crippen LogP contribution >= 0.6 is 0 Å². The molecular weight excluding hydrogens is 250 g/mol. The van der Waals surface area contributed by atoms with E-state index in [1.807, 2.05) is 0 Å². The molecule has 0 aliphatic heterocycles. The number of aromatic hydroxyl groups is 1. The van der Waals surface area contributed by atoms with Crippen molar-refractivity contribution >= 4 is 11.9 Å². The van der Waals surface area contributed by atoms with Gasteiger partial charge < -0.3 is 20.3 Å². The van der Waals surface area contributed by atoms with Gasteiger partial charge in [-0.05, 0) is 18.2 Å². The van der Waals surface area contributed by atoms with Gasteiger partial charge >= 0.3 is 5.97 Å². The fraction of sp³-hybridized carbons (Fsp3) is 0.231. The molecule has 6 heteroatoms. The highest BCUT2D eigenvalue weighted by atomic mass is 16.5. The number of methoxy groups -OCH3 is 1. The molecule has 1 unspecified atom stereocenters. The van der Waals surface area contributed by atoms with Crippen molar-refractivity contribution in [3.63, 3.8) is 0 Å². The normalized spacial score (nSPS) is 11.2. The first-order valence-electron chi connectivity index (χ1n) is 5.33. The van der Waals surface area contributed by atoms with E-state index in [-0.39, 0.29) is 23.5 Å². The summed E-state index contributed by atoms with van der Waals surface area (Å²) in [7, 11) is 1.38. The van der Waals surface area contributed by atoms with E-state index in [1.165, 1.54) is 25.3 Å². The SMILES string of the molecule is C#CCC(NC(=O)c1ccc(OC)c(O)c1)C(=O)O. The molecule has 0 aliphatic carbocycles. The minimum atomic E-state index is -1.22. The molecule has 0 saturated heterocycles. The van der Waals surface area contributed by atoms with Crippen LogP contribution in [0.25, 0.3) is 0 Å². The Kier molecular flexibility index (Phi) is 4.77. The maximum atomic E-state index is 11.8. The Morgan fingerprint density at radius 3 is 2.68 bits per heavy atom. The third-order valence-corrected chi connectivity index (χ3v) is 2.37. The molecule has 1 atom stereocenters. The first-order chi connectivity index (χ1) is 8.99. The summed E-state index contributed by atoms with van der Waals surface area (Å²) >= 11 is 0. The molecule has 0 bridgehead atoms. The molecule has 1 aromatic carbocycles. The number of hydrogen-bond acceptors (Lipinski definition) is 4. The number of benzene rings is 1. The van der Waals surface area contributed by atoms with Crippen LogP contribution in [-0.2, 0) is 4.79 Å². The zero-order chi connectivity index (χ0) is 14.4. The molecule has 0 radical (unpaired) electrons. The van der Waals surface area contributed by atoms with Gasteiger partial charge in [0.25, 0.3) is 5.91 Å². The molecular formula is C13H13NO5. The van der Waals surface area contributed by atoms with Crippen LogP contribution in [0.5, 0.6) is 11.5 Å². The number of aliphatic carboxylic acids is 1. The van der Waals surface area contributed by atoms with Gasteiger partial charge in [-0.3, -0.25) is 4.79 Å². The maximum Gasteiger partial charge on any atom is 0.327 e. The van der Waals surface area contributed by atoms with Crippen molar-refractivity contribution in [1.29, 1.82) is 0 Å². The second kappa shape index (κ2) is 6.31. The van der Waals surface area contributed by atoms with Gasteiger partial charge in [0, 0.05) is 12.0 Å². The first-order valence-corrected chi connectivity index (χ1v) is 5.33. The van der Waals surface area contributed by atoms with Crippen molar-refractivity contribution < 1.29 is 24.5 Å². The molecule has 0 heterocycles. The zero-order valence-electron chi connectivity index (χ0n) is 10.2. The van der Waals surface area contributed by atoms with Crippen LogP contribution in [0.2, 0.25) is 0 Å². The number of carboxylic acid groups (broad SMARTS) is 1. The lowest BCUT2D eigenvalue weighted by molar-refractivity contribution is -0.139.